The predicted octanol–water partition coefficient (Wildman–Crippen LogP) is 0.758. The first-order valence-electron chi connectivity index (χ1n) is 4.08. The number of ether oxygens (including phenoxy) is 1. The molecular formula is C9H10N2O3. The molecule has 0 amide bonds. The maximum absolute atomic E-state index is 10.9. The van der Waals surface area contributed by atoms with Gasteiger partial charge in [-0.05, 0) is 13.0 Å². The zero-order chi connectivity index (χ0) is 10.4. The Morgan fingerprint density at radius 2 is 2.21 bits per heavy atom. The second-order valence-electron chi connectivity index (χ2n) is 2.38. The van der Waals surface area contributed by atoms with Crippen molar-refractivity contribution in [2.75, 3.05) is 6.61 Å². The minimum absolute atomic E-state index is 0.0155. The maximum atomic E-state index is 10.9. The molecule has 0 bridgehead atoms. The van der Waals surface area contributed by atoms with Gasteiger partial charge in [-0.15, -0.1) is 0 Å². The van der Waals surface area contributed by atoms with Gasteiger partial charge in [0.25, 0.3) is 0 Å². The van der Waals surface area contributed by atoms with Crippen LogP contribution in [0.15, 0.2) is 18.5 Å². The van der Waals surface area contributed by atoms with Crippen LogP contribution in [0.4, 0.5) is 0 Å². The van der Waals surface area contributed by atoms with Crippen LogP contribution < -0.4 is 0 Å². The van der Waals surface area contributed by atoms with Gasteiger partial charge < -0.3 is 9.84 Å². The van der Waals surface area contributed by atoms with Crippen LogP contribution in [0.2, 0.25) is 0 Å². The van der Waals surface area contributed by atoms with Crippen molar-refractivity contribution in [3.8, 4) is 5.75 Å². The van der Waals surface area contributed by atoms with Crippen LogP contribution in [0.3, 0.4) is 0 Å². The van der Waals surface area contributed by atoms with Crippen LogP contribution in [-0.4, -0.2) is 27.7 Å². The molecule has 0 radical (unpaired) electrons. The number of carbonyl (C=O) groups excluding carboxylic acids is 1. The van der Waals surface area contributed by atoms with Crippen molar-refractivity contribution in [3.63, 3.8) is 0 Å². The first-order valence-corrected chi connectivity index (χ1v) is 4.08. The minimum atomic E-state index is -0.441. The van der Waals surface area contributed by atoms with Crippen molar-refractivity contribution in [2.24, 2.45) is 0 Å². The van der Waals surface area contributed by atoms with Crippen LogP contribution in [-0.2, 0) is 9.53 Å². The summed E-state index contributed by atoms with van der Waals surface area (Å²) < 4.78 is 4.66. The molecule has 0 saturated heterocycles. The number of esters is 1. The van der Waals surface area contributed by atoms with E-state index >= 15 is 0 Å². The van der Waals surface area contributed by atoms with E-state index < -0.39 is 5.97 Å². The molecule has 74 valence electrons. The molecule has 0 unspecified atom stereocenters. The smallest absolute Gasteiger partial charge is 0.330 e. The Morgan fingerprint density at radius 1 is 1.57 bits per heavy atom. The molecule has 0 atom stereocenters. The Labute approximate surface area is 81.1 Å². The van der Waals surface area contributed by atoms with Gasteiger partial charge in [0, 0.05) is 6.08 Å². The first-order chi connectivity index (χ1) is 6.72. The Kier molecular flexibility index (Phi) is 3.60. The lowest BCUT2D eigenvalue weighted by atomic mass is 10.4. The Bertz CT molecular complexity index is 332. The van der Waals surface area contributed by atoms with Crippen molar-refractivity contribution in [1.82, 2.24) is 9.97 Å². The van der Waals surface area contributed by atoms with Gasteiger partial charge in [-0.2, -0.15) is 0 Å². The molecule has 0 spiro atoms. The predicted molar refractivity (Wildman–Crippen MR) is 49.4 cm³/mol. The van der Waals surface area contributed by atoms with E-state index in [9.17, 15) is 4.79 Å². The number of aromatic hydroxyl groups is 1. The van der Waals surface area contributed by atoms with E-state index in [1.165, 1.54) is 24.5 Å². The molecule has 0 fully saturated rings. The highest BCUT2D eigenvalue weighted by Crippen LogP contribution is 2.02. The van der Waals surface area contributed by atoms with Gasteiger partial charge in [0.1, 0.15) is 0 Å². The Balaban J connectivity index is 2.60. The number of aromatic nitrogens is 2. The summed E-state index contributed by atoms with van der Waals surface area (Å²) in [6.07, 6.45) is 5.14. The van der Waals surface area contributed by atoms with Crippen molar-refractivity contribution in [1.29, 1.82) is 0 Å². The third-order valence-electron chi connectivity index (χ3n) is 1.31. The fourth-order valence-corrected chi connectivity index (χ4v) is 0.750. The molecule has 1 N–H and O–H groups in total. The quantitative estimate of drug-likeness (QED) is 0.568. The molecule has 0 aliphatic rings. The second-order valence-corrected chi connectivity index (χ2v) is 2.38. The Morgan fingerprint density at radius 3 is 2.79 bits per heavy atom. The number of rotatable bonds is 3. The van der Waals surface area contributed by atoms with Crippen LogP contribution in [0.5, 0.6) is 5.75 Å². The van der Waals surface area contributed by atoms with Crippen LogP contribution in [0, 0.1) is 0 Å². The molecule has 0 aromatic carbocycles. The largest absolute Gasteiger partial charge is 0.505 e. The number of hydrogen-bond donors (Lipinski definition) is 1. The molecule has 0 saturated carbocycles. The topological polar surface area (TPSA) is 72.3 Å². The highest BCUT2D eigenvalue weighted by molar-refractivity contribution is 5.86. The molecule has 0 aliphatic carbocycles. The molecule has 5 heteroatoms. The third-order valence-corrected chi connectivity index (χ3v) is 1.31. The average molecular weight is 194 g/mol. The van der Waals surface area contributed by atoms with Gasteiger partial charge in [-0.25, -0.2) is 14.8 Å². The summed E-state index contributed by atoms with van der Waals surface area (Å²) in [7, 11) is 0. The van der Waals surface area contributed by atoms with E-state index in [1.807, 2.05) is 0 Å². The van der Waals surface area contributed by atoms with Gasteiger partial charge in [0.15, 0.2) is 11.6 Å². The summed E-state index contributed by atoms with van der Waals surface area (Å²) >= 11 is 0. The normalized spacial score (nSPS) is 10.4. The molecule has 14 heavy (non-hydrogen) atoms. The summed E-state index contributed by atoms with van der Waals surface area (Å²) in [6.45, 7) is 2.06. The van der Waals surface area contributed by atoms with E-state index in [1.54, 1.807) is 6.92 Å². The zero-order valence-corrected chi connectivity index (χ0v) is 7.67. The molecular weight excluding hydrogens is 184 g/mol. The van der Waals surface area contributed by atoms with Crippen molar-refractivity contribution < 1.29 is 14.6 Å². The van der Waals surface area contributed by atoms with Gasteiger partial charge in [0.05, 0.1) is 19.0 Å². The molecule has 1 heterocycles. The Hall–Kier alpha value is -1.91. The van der Waals surface area contributed by atoms with Crippen LogP contribution >= 0.6 is 0 Å². The summed E-state index contributed by atoms with van der Waals surface area (Å²) in [5, 5.41) is 8.88. The standard InChI is InChI=1S/C9H10N2O3/c1-2-14-9(13)4-3-8-10-5-7(12)6-11-8/h3-6,12H,2H2,1H3. The average Bonchev–Trinajstić information content (AvgIpc) is 2.17. The van der Waals surface area contributed by atoms with Gasteiger partial charge >= 0.3 is 5.97 Å². The SMILES string of the molecule is CCOC(=O)C=Cc1ncc(O)cn1. The van der Waals surface area contributed by atoms with E-state index in [0.29, 0.717) is 12.4 Å². The highest BCUT2D eigenvalue weighted by Gasteiger charge is 1.95. The third kappa shape index (κ3) is 3.22. The van der Waals surface area contributed by atoms with E-state index in [2.05, 4.69) is 14.7 Å². The number of nitrogens with zero attached hydrogens (tertiary/aromatic N) is 2. The summed E-state index contributed by atoms with van der Waals surface area (Å²) in [4.78, 5) is 18.4. The van der Waals surface area contributed by atoms with Gasteiger partial charge in [0.2, 0.25) is 0 Å². The van der Waals surface area contributed by atoms with Crippen molar-refractivity contribution >= 4 is 12.0 Å². The summed E-state index contributed by atoms with van der Waals surface area (Å²) in [5.41, 5.74) is 0. The summed E-state index contributed by atoms with van der Waals surface area (Å²) in [5.74, 6) is -0.113. The summed E-state index contributed by atoms with van der Waals surface area (Å²) in [6, 6.07) is 0. The van der Waals surface area contributed by atoms with Crippen molar-refractivity contribution in [3.05, 3.63) is 24.3 Å². The van der Waals surface area contributed by atoms with Crippen molar-refractivity contribution in [2.45, 2.75) is 6.92 Å². The number of carbonyl (C=O) groups is 1. The van der Waals surface area contributed by atoms with Crippen LogP contribution in [0.1, 0.15) is 12.7 Å². The molecule has 0 aliphatic heterocycles. The lowest BCUT2D eigenvalue weighted by molar-refractivity contribution is -0.137. The second kappa shape index (κ2) is 4.96. The molecule has 1 aromatic rings. The molecule has 1 rings (SSSR count). The molecule has 5 nitrogen and oxygen atoms in total. The van der Waals surface area contributed by atoms with Crippen LogP contribution in [0.25, 0.3) is 6.08 Å². The number of hydrogen-bond acceptors (Lipinski definition) is 5. The van der Waals surface area contributed by atoms with Gasteiger partial charge in [-0.3, -0.25) is 0 Å². The lowest BCUT2D eigenvalue weighted by Crippen LogP contribution is -1.99. The fourth-order valence-electron chi connectivity index (χ4n) is 0.750. The minimum Gasteiger partial charge on any atom is -0.505 e. The van der Waals surface area contributed by atoms with E-state index in [0.717, 1.165) is 0 Å². The maximum Gasteiger partial charge on any atom is 0.330 e. The highest BCUT2D eigenvalue weighted by atomic mass is 16.5. The lowest BCUT2D eigenvalue weighted by Gasteiger charge is -1.94. The van der Waals surface area contributed by atoms with E-state index in [4.69, 9.17) is 5.11 Å². The molecule has 1 aromatic heterocycles. The fraction of sp³-hybridized carbons (Fsp3) is 0.222. The van der Waals surface area contributed by atoms with E-state index in [-0.39, 0.29) is 5.75 Å². The zero-order valence-electron chi connectivity index (χ0n) is 7.67. The first kappa shape index (κ1) is 10.2. The van der Waals surface area contributed by atoms with Gasteiger partial charge in [-0.1, -0.05) is 0 Å². The monoisotopic (exact) mass is 194 g/mol.